The number of amides is 1. The number of phenolic OH excluding ortho intramolecular Hbond substituents is 1. The summed E-state index contributed by atoms with van der Waals surface area (Å²) < 4.78 is 6.20. The van der Waals surface area contributed by atoms with Gasteiger partial charge in [-0.3, -0.25) is 19.6 Å². The lowest BCUT2D eigenvalue weighted by Gasteiger charge is -2.19. The lowest BCUT2D eigenvalue weighted by molar-refractivity contribution is -0.124. The summed E-state index contributed by atoms with van der Waals surface area (Å²) in [6.07, 6.45) is 5.96. The van der Waals surface area contributed by atoms with Crippen molar-refractivity contribution in [2.24, 2.45) is 32.9 Å². The van der Waals surface area contributed by atoms with E-state index in [9.17, 15) is 14.7 Å². The fourth-order valence-corrected chi connectivity index (χ4v) is 4.25. The normalized spacial score (nSPS) is 15.8. The molecule has 10 N–H and O–H groups in total. The number of aliphatic imine (C=N–C) groups is 2. The molecule has 1 aliphatic rings. The zero-order valence-electron chi connectivity index (χ0n) is 21.9. The van der Waals surface area contributed by atoms with E-state index in [0.29, 0.717) is 44.6 Å². The maximum Gasteiger partial charge on any atom is 0.231 e. The highest BCUT2D eigenvalue weighted by molar-refractivity contribution is 5.93. The number of carbonyl (C=O) groups excluding carboxylic acids is 2. The van der Waals surface area contributed by atoms with Crippen LogP contribution in [0.5, 0.6) is 11.5 Å². The second-order valence-corrected chi connectivity index (χ2v) is 9.27. The highest BCUT2D eigenvalue weighted by Gasteiger charge is 2.40. The highest BCUT2D eigenvalue weighted by atomic mass is 16.5. The summed E-state index contributed by atoms with van der Waals surface area (Å²) in [7, 11) is 0. The Bertz CT molecular complexity index is 1220. The third kappa shape index (κ3) is 9.06. The number of ketones is 1. The number of guanidine groups is 2. The van der Waals surface area contributed by atoms with Crippen LogP contribution in [0.3, 0.4) is 0 Å². The molecule has 2 atom stereocenters. The zero-order valence-corrected chi connectivity index (χ0v) is 21.9. The van der Waals surface area contributed by atoms with Gasteiger partial charge in [-0.05, 0) is 67.2 Å². The van der Waals surface area contributed by atoms with Crippen LogP contribution in [0.4, 0.5) is 0 Å². The summed E-state index contributed by atoms with van der Waals surface area (Å²) in [5.74, 6) is 0.0321. The predicted octanol–water partition coefficient (Wildman–Crippen LogP) is 1.81. The van der Waals surface area contributed by atoms with E-state index < -0.39 is 12.0 Å². The van der Waals surface area contributed by atoms with Gasteiger partial charge >= 0.3 is 0 Å². The summed E-state index contributed by atoms with van der Waals surface area (Å²) in [4.78, 5) is 33.6. The molecule has 11 heteroatoms. The molecular formula is C28H37N7O4. The minimum atomic E-state index is -0.609. The van der Waals surface area contributed by atoms with E-state index in [1.165, 1.54) is 0 Å². The first-order valence-electron chi connectivity index (χ1n) is 12.9. The van der Waals surface area contributed by atoms with Gasteiger partial charge in [-0.15, -0.1) is 0 Å². The van der Waals surface area contributed by atoms with Gasteiger partial charge in [0.2, 0.25) is 5.91 Å². The molecule has 0 saturated heterocycles. The smallest absolute Gasteiger partial charge is 0.231 e. The number of unbranched alkanes of at least 4 members (excludes halogenated alkanes) is 2. The lowest BCUT2D eigenvalue weighted by Crippen LogP contribution is -2.32. The number of carbonyl (C=O) groups is 2. The highest BCUT2D eigenvalue weighted by Crippen LogP contribution is 2.46. The van der Waals surface area contributed by atoms with Crippen LogP contribution in [0.15, 0.2) is 58.5 Å². The summed E-state index contributed by atoms with van der Waals surface area (Å²) in [6, 6.07) is 12.2. The van der Waals surface area contributed by atoms with Gasteiger partial charge < -0.3 is 38.1 Å². The second-order valence-electron chi connectivity index (χ2n) is 9.27. The van der Waals surface area contributed by atoms with Gasteiger partial charge in [-0.25, -0.2) is 0 Å². The Morgan fingerprint density at radius 1 is 0.923 bits per heavy atom. The molecule has 0 aromatic heterocycles. The van der Waals surface area contributed by atoms with E-state index in [4.69, 9.17) is 27.7 Å². The Balaban J connectivity index is 1.70. The first-order chi connectivity index (χ1) is 18.7. The molecule has 0 fully saturated rings. The molecule has 1 aliphatic heterocycles. The Hall–Kier alpha value is -4.54. The van der Waals surface area contributed by atoms with Crippen molar-refractivity contribution >= 4 is 29.7 Å². The van der Waals surface area contributed by atoms with Crippen LogP contribution in [-0.4, -0.2) is 48.4 Å². The SMILES string of the molecule is NC(N)=NCCCCNC(=O)[C@@H]1c2cc(/C=C/C(=O)CCCCN=C(N)N)ccc2O[C@H]1c1ccc(O)cc1. The Kier molecular flexibility index (Phi) is 10.7. The van der Waals surface area contributed by atoms with Crippen molar-refractivity contribution in [1.82, 2.24) is 5.32 Å². The van der Waals surface area contributed by atoms with Crippen LogP contribution in [0, 0.1) is 0 Å². The van der Waals surface area contributed by atoms with Crippen molar-refractivity contribution in [2.75, 3.05) is 19.6 Å². The Labute approximate surface area is 228 Å². The van der Waals surface area contributed by atoms with E-state index in [-0.39, 0.29) is 29.4 Å². The number of aromatic hydroxyl groups is 1. The molecule has 0 radical (unpaired) electrons. The number of rotatable bonds is 14. The molecule has 0 aliphatic carbocycles. The van der Waals surface area contributed by atoms with Crippen LogP contribution in [-0.2, 0) is 9.59 Å². The Morgan fingerprint density at radius 2 is 1.59 bits per heavy atom. The van der Waals surface area contributed by atoms with Gasteiger partial charge in [0.25, 0.3) is 0 Å². The van der Waals surface area contributed by atoms with Crippen LogP contribution in [0.1, 0.15) is 60.8 Å². The van der Waals surface area contributed by atoms with Crippen LogP contribution < -0.4 is 33.0 Å². The van der Waals surface area contributed by atoms with Crippen molar-refractivity contribution in [2.45, 2.75) is 44.1 Å². The molecule has 3 rings (SSSR count). The van der Waals surface area contributed by atoms with Gasteiger partial charge in [0.15, 0.2) is 17.7 Å². The van der Waals surface area contributed by atoms with Crippen LogP contribution in [0.25, 0.3) is 6.08 Å². The van der Waals surface area contributed by atoms with Crippen molar-refractivity contribution in [1.29, 1.82) is 0 Å². The molecular weight excluding hydrogens is 498 g/mol. The van der Waals surface area contributed by atoms with Crippen LogP contribution in [0.2, 0.25) is 0 Å². The molecule has 0 saturated carbocycles. The van der Waals surface area contributed by atoms with E-state index in [1.807, 2.05) is 18.2 Å². The van der Waals surface area contributed by atoms with Gasteiger partial charge in [0.1, 0.15) is 23.5 Å². The number of phenols is 1. The van der Waals surface area contributed by atoms with Gasteiger partial charge in [0.05, 0.1) is 0 Å². The quantitative estimate of drug-likeness (QED) is 0.0908. The fourth-order valence-electron chi connectivity index (χ4n) is 4.25. The van der Waals surface area contributed by atoms with Gasteiger partial charge in [-0.2, -0.15) is 0 Å². The zero-order chi connectivity index (χ0) is 28.2. The molecule has 11 nitrogen and oxygen atoms in total. The first-order valence-corrected chi connectivity index (χ1v) is 12.9. The van der Waals surface area contributed by atoms with Gasteiger partial charge in [-0.1, -0.05) is 24.3 Å². The number of hydrogen-bond acceptors (Lipinski definition) is 6. The molecule has 1 heterocycles. The molecule has 1 amide bonds. The monoisotopic (exact) mass is 535 g/mol. The molecule has 0 bridgehead atoms. The summed E-state index contributed by atoms with van der Waals surface area (Å²) in [5, 5.41) is 12.7. The van der Waals surface area contributed by atoms with Gasteiger partial charge in [0, 0.05) is 31.6 Å². The number of ether oxygens (including phenoxy) is 1. The van der Waals surface area contributed by atoms with E-state index in [1.54, 1.807) is 36.4 Å². The number of fused-ring (bicyclic) bond motifs is 1. The lowest BCUT2D eigenvalue weighted by atomic mass is 9.89. The number of allylic oxidation sites excluding steroid dienone is 1. The minimum Gasteiger partial charge on any atom is -0.508 e. The molecule has 2 aromatic rings. The number of benzene rings is 2. The summed E-state index contributed by atoms with van der Waals surface area (Å²) in [5.41, 5.74) is 23.6. The van der Waals surface area contributed by atoms with Crippen molar-refractivity contribution in [3.05, 3.63) is 65.2 Å². The molecule has 0 spiro atoms. The second kappa shape index (κ2) is 14.4. The number of hydrogen-bond donors (Lipinski definition) is 6. The standard InChI is InChI=1S/C28H37N7O4/c29-27(30)34-15-2-1-5-20(36)10-6-18-7-13-23-22(17-18)24(25(39-23)19-8-11-21(37)12-9-19)26(38)33-14-3-4-16-35-28(31)32/h6-13,17,24-25,37H,1-5,14-16H2,(H,33,38)(H4,29,30,34)(H4,31,32,35)/b10-6+/t24-,25+/m1/s1. The largest absolute Gasteiger partial charge is 0.508 e. The first kappa shape index (κ1) is 29.0. The summed E-state index contributed by atoms with van der Waals surface area (Å²) >= 11 is 0. The predicted molar refractivity (Wildman–Crippen MR) is 152 cm³/mol. The average molecular weight is 536 g/mol. The number of nitrogens with one attached hydrogen (secondary N) is 1. The summed E-state index contributed by atoms with van der Waals surface area (Å²) in [6.45, 7) is 1.45. The topological polar surface area (TPSA) is 204 Å². The third-order valence-electron chi connectivity index (χ3n) is 6.20. The Morgan fingerprint density at radius 3 is 2.26 bits per heavy atom. The van der Waals surface area contributed by atoms with Crippen molar-refractivity contribution in [3.63, 3.8) is 0 Å². The van der Waals surface area contributed by atoms with E-state index in [2.05, 4.69) is 15.3 Å². The molecule has 0 unspecified atom stereocenters. The van der Waals surface area contributed by atoms with Crippen LogP contribution >= 0.6 is 0 Å². The van der Waals surface area contributed by atoms with Crippen molar-refractivity contribution in [3.8, 4) is 11.5 Å². The van der Waals surface area contributed by atoms with Crippen molar-refractivity contribution < 1.29 is 19.4 Å². The maximum absolute atomic E-state index is 13.4. The number of nitrogens with two attached hydrogens (primary N) is 4. The third-order valence-corrected chi connectivity index (χ3v) is 6.20. The van der Waals surface area contributed by atoms with E-state index in [0.717, 1.165) is 29.5 Å². The molecule has 2 aromatic carbocycles. The molecule has 208 valence electrons. The van der Waals surface area contributed by atoms with E-state index >= 15 is 0 Å². The number of nitrogens with zero attached hydrogens (tertiary/aromatic N) is 2. The average Bonchev–Trinajstić information content (AvgIpc) is 3.28. The fraction of sp³-hybridized carbons (Fsp3) is 0.357. The molecule has 39 heavy (non-hydrogen) atoms. The minimum absolute atomic E-state index is 0.00608. The maximum atomic E-state index is 13.4.